The molecule has 298 valence electrons. The highest BCUT2D eigenvalue weighted by atomic mass is 16.6. The van der Waals surface area contributed by atoms with Crippen molar-refractivity contribution < 1.29 is 23.9 Å². The summed E-state index contributed by atoms with van der Waals surface area (Å²) in [6, 6.07) is 0. The zero-order valence-electron chi connectivity index (χ0n) is 34.0. The zero-order chi connectivity index (χ0) is 37.9. The number of amides is 1. The normalized spacial score (nSPS) is 16.4. The molecule has 1 fully saturated rings. The van der Waals surface area contributed by atoms with Gasteiger partial charge in [-0.2, -0.15) is 0 Å². The summed E-state index contributed by atoms with van der Waals surface area (Å²) in [7, 11) is 3.87. The maximum atomic E-state index is 12.9. The van der Waals surface area contributed by atoms with Crippen molar-refractivity contribution in [2.45, 2.75) is 187 Å². The molecule has 1 saturated heterocycles. The van der Waals surface area contributed by atoms with E-state index in [2.05, 4.69) is 62.5 Å². The average molecular weight is 727 g/mol. The number of hydrogen-bond donors (Lipinski definition) is 0. The van der Waals surface area contributed by atoms with Gasteiger partial charge in [-0.1, -0.05) is 127 Å². The topological polar surface area (TPSA) is 76.2 Å². The summed E-state index contributed by atoms with van der Waals surface area (Å²) in [4.78, 5) is 42.1. The minimum Gasteiger partial charge on any atom is -0.456 e. The molecular weight excluding hydrogens is 649 g/mol. The summed E-state index contributed by atoms with van der Waals surface area (Å²) >= 11 is 0. The van der Waals surface area contributed by atoms with Gasteiger partial charge in [0.15, 0.2) is 12.2 Å². The van der Waals surface area contributed by atoms with Gasteiger partial charge in [0.1, 0.15) is 0 Å². The predicted octanol–water partition coefficient (Wildman–Crippen LogP) is 11.2. The van der Waals surface area contributed by atoms with Gasteiger partial charge in [-0.05, 0) is 91.1 Å². The first-order chi connectivity index (χ1) is 25.4. The summed E-state index contributed by atoms with van der Waals surface area (Å²) in [6.45, 7) is 5.67. The Morgan fingerprint density at radius 3 is 1.27 bits per heavy atom. The lowest BCUT2D eigenvalue weighted by molar-refractivity contribution is -0.164. The third kappa shape index (κ3) is 27.9. The summed E-state index contributed by atoms with van der Waals surface area (Å²) in [5.74, 6) is -0.545. The van der Waals surface area contributed by atoms with E-state index < -0.39 is 12.2 Å². The largest absolute Gasteiger partial charge is 0.456 e. The van der Waals surface area contributed by atoms with Crippen molar-refractivity contribution in [1.82, 2.24) is 9.80 Å². The predicted molar refractivity (Wildman–Crippen MR) is 218 cm³/mol. The Kier molecular flexibility index (Phi) is 31.1. The molecular formula is C45H78N2O5. The molecule has 0 aliphatic carbocycles. The van der Waals surface area contributed by atoms with E-state index in [1.807, 2.05) is 19.0 Å². The van der Waals surface area contributed by atoms with Gasteiger partial charge < -0.3 is 19.3 Å². The van der Waals surface area contributed by atoms with Gasteiger partial charge >= 0.3 is 11.9 Å². The van der Waals surface area contributed by atoms with E-state index >= 15 is 0 Å². The number of ether oxygens (including phenoxy) is 2. The second-order valence-electron chi connectivity index (χ2n) is 14.9. The maximum Gasteiger partial charge on any atom is 0.306 e. The van der Waals surface area contributed by atoms with Crippen LogP contribution in [-0.4, -0.2) is 73.6 Å². The van der Waals surface area contributed by atoms with Crippen molar-refractivity contribution in [3.05, 3.63) is 48.6 Å². The molecule has 0 aromatic carbocycles. The van der Waals surface area contributed by atoms with Crippen LogP contribution in [0.15, 0.2) is 48.6 Å². The molecule has 1 aliphatic rings. The van der Waals surface area contributed by atoms with Gasteiger partial charge in [-0.25, -0.2) is 0 Å². The number of likely N-dealkylation sites (tertiary alicyclic amines) is 1. The average Bonchev–Trinajstić information content (AvgIpc) is 3.51. The Morgan fingerprint density at radius 2 is 0.885 bits per heavy atom. The molecule has 1 rings (SSSR count). The van der Waals surface area contributed by atoms with Gasteiger partial charge in [0.2, 0.25) is 5.91 Å². The van der Waals surface area contributed by atoms with Crippen molar-refractivity contribution in [2.24, 2.45) is 0 Å². The van der Waals surface area contributed by atoms with Gasteiger partial charge in [-0.3, -0.25) is 14.4 Å². The lowest BCUT2D eigenvalue weighted by Gasteiger charge is -2.19. The molecule has 1 amide bonds. The maximum absolute atomic E-state index is 12.9. The number of esters is 2. The quantitative estimate of drug-likeness (QED) is 0.0381. The Hall–Kier alpha value is -2.67. The fourth-order valence-corrected chi connectivity index (χ4v) is 6.27. The Balaban J connectivity index is 2.31. The summed E-state index contributed by atoms with van der Waals surface area (Å²) in [5.41, 5.74) is 0. The summed E-state index contributed by atoms with van der Waals surface area (Å²) in [6.07, 6.45) is 42.9. The van der Waals surface area contributed by atoms with Crippen LogP contribution in [0.5, 0.6) is 0 Å². The molecule has 0 saturated carbocycles. The second kappa shape index (κ2) is 34.1. The van der Waals surface area contributed by atoms with E-state index in [0.29, 0.717) is 25.8 Å². The van der Waals surface area contributed by atoms with Crippen LogP contribution in [0.1, 0.15) is 174 Å². The first kappa shape index (κ1) is 47.4. The van der Waals surface area contributed by atoms with Crippen LogP contribution in [0.4, 0.5) is 0 Å². The minimum absolute atomic E-state index is 0.00395. The summed E-state index contributed by atoms with van der Waals surface area (Å²) < 4.78 is 11.7. The zero-order valence-corrected chi connectivity index (χ0v) is 34.0. The number of carbonyl (C=O) groups is 3. The lowest BCUT2D eigenvalue weighted by Crippen LogP contribution is -2.33. The van der Waals surface area contributed by atoms with E-state index in [4.69, 9.17) is 9.47 Å². The Morgan fingerprint density at radius 1 is 0.519 bits per heavy atom. The van der Waals surface area contributed by atoms with Crippen LogP contribution >= 0.6 is 0 Å². The minimum atomic E-state index is -0.609. The van der Waals surface area contributed by atoms with Gasteiger partial charge in [0.05, 0.1) is 13.1 Å². The van der Waals surface area contributed by atoms with Gasteiger partial charge in [0, 0.05) is 25.8 Å². The highest BCUT2D eigenvalue weighted by Gasteiger charge is 2.40. The monoisotopic (exact) mass is 727 g/mol. The first-order valence-corrected chi connectivity index (χ1v) is 21.3. The van der Waals surface area contributed by atoms with E-state index in [0.717, 1.165) is 77.0 Å². The molecule has 0 radical (unpaired) electrons. The molecule has 2 atom stereocenters. The van der Waals surface area contributed by atoms with Crippen LogP contribution in [0.2, 0.25) is 0 Å². The van der Waals surface area contributed by atoms with E-state index in [1.165, 1.54) is 64.2 Å². The fraction of sp³-hybridized carbons (Fsp3) is 0.756. The molecule has 7 nitrogen and oxygen atoms in total. The van der Waals surface area contributed by atoms with Crippen LogP contribution in [0, 0.1) is 0 Å². The van der Waals surface area contributed by atoms with Crippen molar-refractivity contribution in [1.29, 1.82) is 0 Å². The van der Waals surface area contributed by atoms with Crippen molar-refractivity contribution >= 4 is 17.8 Å². The Bertz CT molecular complexity index is 949. The molecule has 52 heavy (non-hydrogen) atoms. The second-order valence-corrected chi connectivity index (χ2v) is 14.9. The number of unbranched alkanes of at least 4 members (excludes halogenated alkanes) is 16. The molecule has 0 aromatic rings. The highest BCUT2D eigenvalue weighted by Crippen LogP contribution is 2.21. The molecule has 0 aromatic heterocycles. The van der Waals surface area contributed by atoms with Crippen molar-refractivity contribution in [2.75, 3.05) is 33.7 Å². The molecule has 0 unspecified atom stereocenters. The highest BCUT2D eigenvalue weighted by molar-refractivity contribution is 5.77. The Labute approximate surface area is 319 Å². The van der Waals surface area contributed by atoms with Gasteiger partial charge in [-0.15, -0.1) is 0 Å². The molecule has 0 N–H and O–H groups in total. The van der Waals surface area contributed by atoms with E-state index in [1.54, 1.807) is 4.90 Å². The van der Waals surface area contributed by atoms with Crippen molar-refractivity contribution in [3.8, 4) is 0 Å². The van der Waals surface area contributed by atoms with E-state index in [-0.39, 0.29) is 30.9 Å². The standard InChI is InChI=1S/C45H78N2O5/c1-5-7-9-11-13-15-17-19-21-23-25-27-29-31-33-35-44(49)51-41-39-47(43(48)37-38-46(3)4)40-42(41)52-45(50)36-34-32-30-28-26-24-22-20-18-16-14-12-10-8-6-2/h13-16,19-22,41-42H,5-12,17-18,23-40H2,1-4H3/t41-,42-/m1/s1. The van der Waals surface area contributed by atoms with Crippen molar-refractivity contribution in [3.63, 3.8) is 0 Å². The number of nitrogens with zero attached hydrogens (tertiary/aromatic N) is 2. The number of carbonyl (C=O) groups excluding carboxylic acids is 3. The van der Waals surface area contributed by atoms with Crippen LogP contribution in [-0.2, 0) is 23.9 Å². The smallest absolute Gasteiger partial charge is 0.306 e. The molecule has 1 aliphatic heterocycles. The van der Waals surface area contributed by atoms with Crippen LogP contribution in [0.3, 0.4) is 0 Å². The third-order valence-electron chi connectivity index (χ3n) is 9.57. The SMILES string of the molecule is CCCCCC=CCC=CCCCCCCCC(=O)O[C@@H]1CN(C(=O)CCN(C)C)C[C@H]1OC(=O)CCCCCCCC=CCC=CCCCCC. The number of hydrogen-bond acceptors (Lipinski definition) is 6. The summed E-state index contributed by atoms with van der Waals surface area (Å²) in [5, 5.41) is 0. The first-order valence-electron chi connectivity index (χ1n) is 21.3. The van der Waals surface area contributed by atoms with Crippen LogP contribution in [0.25, 0.3) is 0 Å². The van der Waals surface area contributed by atoms with Gasteiger partial charge in [0.25, 0.3) is 0 Å². The number of allylic oxidation sites excluding steroid dienone is 8. The lowest BCUT2D eigenvalue weighted by atomic mass is 10.1. The molecule has 0 bridgehead atoms. The molecule has 1 heterocycles. The molecule has 0 spiro atoms. The fourth-order valence-electron chi connectivity index (χ4n) is 6.27. The molecule has 7 heteroatoms. The van der Waals surface area contributed by atoms with E-state index in [9.17, 15) is 14.4 Å². The third-order valence-corrected chi connectivity index (χ3v) is 9.57. The van der Waals surface area contributed by atoms with Crippen LogP contribution < -0.4 is 0 Å². The number of rotatable bonds is 33.